The van der Waals surface area contributed by atoms with Crippen molar-refractivity contribution in [2.75, 3.05) is 5.32 Å². The number of para-hydroxylation sites is 1. The van der Waals surface area contributed by atoms with E-state index in [1.165, 1.54) is 0 Å². The highest BCUT2D eigenvalue weighted by Crippen LogP contribution is 2.24. The summed E-state index contributed by atoms with van der Waals surface area (Å²) >= 11 is 0. The van der Waals surface area contributed by atoms with Gasteiger partial charge >= 0.3 is 5.97 Å². The van der Waals surface area contributed by atoms with Crippen LogP contribution in [0.3, 0.4) is 0 Å². The SMILES string of the molecule is CC(C)(C)CC(CC(=O)O)Nc1nnc2ccccc2n1. The monoisotopic (exact) mass is 288 g/mol. The lowest BCUT2D eigenvalue weighted by molar-refractivity contribution is -0.137. The van der Waals surface area contributed by atoms with Gasteiger partial charge in [0.05, 0.1) is 11.9 Å². The third-order valence-electron chi connectivity index (χ3n) is 2.97. The van der Waals surface area contributed by atoms with Crippen LogP contribution in [0.25, 0.3) is 11.0 Å². The molecule has 0 bridgehead atoms. The van der Waals surface area contributed by atoms with Gasteiger partial charge in [-0.25, -0.2) is 4.98 Å². The van der Waals surface area contributed by atoms with E-state index in [0.29, 0.717) is 17.9 Å². The molecule has 0 radical (unpaired) electrons. The second-order valence-electron chi connectivity index (χ2n) is 6.33. The Morgan fingerprint density at radius 2 is 1.90 bits per heavy atom. The Kier molecular flexibility index (Phi) is 4.35. The van der Waals surface area contributed by atoms with Crippen LogP contribution in [-0.2, 0) is 4.79 Å². The molecule has 1 atom stereocenters. The number of rotatable bonds is 5. The second-order valence-corrected chi connectivity index (χ2v) is 6.33. The fraction of sp³-hybridized carbons (Fsp3) is 0.467. The van der Waals surface area contributed by atoms with E-state index in [-0.39, 0.29) is 17.9 Å². The average molecular weight is 288 g/mol. The van der Waals surface area contributed by atoms with Gasteiger partial charge in [0.1, 0.15) is 5.52 Å². The maximum absolute atomic E-state index is 11.0. The van der Waals surface area contributed by atoms with Crippen molar-refractivity contribution in [3.8, 4) is 0 Å². The van der Waals surface area contributed by atoms with Crippen LogP contribution >= 0.6 is 0 Å². The first-order valence-electron chi connectivity index (χ1n) is 6.91. The topological polar surface area (TPSA) is 88.0 Å². The predicted molar refractivity (Wildman–Crippen MR) is 81.1 cm³/mol. The summed E-state index contributed by atoms with van der Waals surface area (Å²) < 4.78 is 0. The number of benzene rings is 1. The van der Waals surface area contributed by atoms with Gasteiger partial charge in [0.15, 0.2) is 0 Å². The Labute approximate surface area is 123 Å². The minimum absolute atomic E-state index is 0.0113. The van der Waals surface area contributed by atoms with Crippen LogP contribution in [0.4, 0.5) is 5.95 Å². The Bertz CT molecular complexity index is 637. The summed E-state index contributed by atoms with van der Waals surface area (Å²) in [5.74, 6) is -0.477. The molecule has 1 aromatic carbocycles. The van der Waals surface area contributed by atoms with Crippen LogP contribution in [0.15, 0.2) is 24.3 Å². The molecule has 6 nitrogen and oxygen atoms in total. The lowest BCUT2D eigenvalue weighted by Crippen LogP contribution is -2.29. The third kappa shape index (κ3) is 4.66. The summed E-state index contributed by atoms with van der Waals surface area (Å²) in [5.41, 5.74) is 1.46. The smallest absolute Gasteiger partial charge is 0.305 e. The van der Waals surface area contributed by atoms with Crippen molar-refractivity contribution < 1.29 is 9.90 Å². The van der Waals surface area contributed by atoms with Gasteiger partial charge in [-0.15, -0.1) is 10.2 Å². The van der Waals surface area contributed by atoms with Crippen molar-refractivity contribution in [3.63, 3.8) is 0 Å². The number of carbonyl (C=O) groups is 1. The Balaban J connectivity index is 2.18. The van der Waals surface area contributed by atoms with Crippen molar-refractivity contribution in [3.05, 3.63) is 24.3 Å². The molecule has 2 rings (SSSR count). The van der Waals surface area contributed by atoms with Crippen LogP contribution in [0.2, 0.25) is 0 Å². The number of hydrogen-bond acceptors (Lipinski definition) is 5. The fourth-order valence-corrected chi connectivity index (χ4v) is 2.25. The number of nitrogens with one attached hydrogen (secondary N) is 1. The van der Waals surface area contributed by atoms with E-state index in [9.17, 15) is 4.79 Å². The molecule has 21 heavy (non-hydrogen) atoms. The summed E-state index contributed by atoms with van der Waals surface area (Å²) in [7, 11) is 0. The standard InChI is InChI=1S/C15H20N4O2/c1-15(2,3)9-10(8-13(20)21)16-14-17-11-6-4-5-7-12(11)18-19-14/h4-7,10H,8-9H2,1-3H3,(H,20,21)(H,16,17,19). The molecule has 1 unspecified atom stereocenters. The fourth-order valence-electron chi connectivity index (χ4n) is 2.25. The zero-order valence-corrected chi connectivity index (χ0v) is 12.5. The quantitative estimate of drug-likeness (QED) is 0.879. The van der Waals surface area contributed by atoms with Gasteiger partial charge in [0.2, 0.25) is 5.95 Å². The molecule has 6 heteroatoms. The highest BCUT2D eigenvalue weighted by atomic mass is 16.4. The number of carboxylic acid groups (broad SMARTS) is 1. The van der Waals surface area contributed by atoms with E-state index < -0.39 is 5.97 Å². The molecule has 1 aromatic heterocycles. The van der Waals surface area contributed by atoms with Crippen LogP contribution in [0, 0.1) is 5.41 Å². The van der Waals surface area contributed by atoms with E-state index in [0.717, 1.165) is 5.52 Å². The van der Waals surface area contributed by atoms with Gasteiger partial charge in [-0.2, -0.15) is 0 Å². The number of aromatic nitrogens is 3. The molecule has 0 aliphatic heterocycles. The van der Waals surface area contributed by atoms with Crippen molar-refractivity contribution in [2.24, 2.45) is 5.41 Å². The van der Waals surface area contributed by atoms with Crippen molar-refractivity contribution in [2.45, 2.75) is 39.7 Å². The van der Waals surface area contributed by atoms with Gasteiger partial charge in [0.25, 0.3) is 0 Å². The van der Waals surface area contributed by atoms with E-state index in [1.807, 2.05) is 24.3 Å². The normalized spacial score (nSPS) is 13.1. The van der Waals surface area contributed by atoms with Gasteiger partial charge in [-0.3, -0.25) is 4.79 Å². The van der Waals surface area contributed by atoms with Gasteiger partial charge < -0.3 is 10.4 Å². The van der Waals surface area contributed by atoms with Crippen LogP contribution < -0.4 is 5.32 Å². The van der Waals surface area contributed by atoms with Crippen LogP contribution in [-0.4, -0.2) is 32.3 Å². The Morgan fingerprint density at radius 1 is 1.24 bits per heavy atom. The predicted octanol–water partition coefficient (Wildman–Crippen LogP) is 2.72. The van der Waals surface area contributed by atoms with Crippen molar-refractivity contribution in [1.82, 2.24) is 15.2 Å². The van der Waals surface area contributed by atoms with E-state index in [1.54, 1.807) is 0 Å². The lowest BCUT2D eigenvalue weighted by Gasteiger charge is -2.25. The molecule has 0 aliphatic rings. The Hall–Kier alpha value is -2.24. The van der Waals surface area contributed by atoms with Crippen molar-refractivity contribution >= 4 is 23.0 Å². The molecular weight excluding hydrogens is 268 g/mol. The zero-order valence-electron chi connectivity index (χ0n) is 12.5. The first kappa shape index (κ1) is 15.2. The van der Waals surface area contributed by atoms with Gasteiger partial charge in [-0.1, -0.05) is 32.9 Å². The van der Waals surface area contributed by atoms with E-state index >= 15 is 0 Å². The number of hydrogen-bond donors (Lipinski definition) is 2. The molecular formula is C15H20N4O2. The first-order valence-corrected chi connectivity index (χ1v) is 6.91. The lowest BCUT2D eigenvalue weighted by atomic mass is 9.87. The van der Waals surface area contributed by atoms with Gasteiger partial charge in [-0.05, 0) is 24.0 Å². The number of nitrogens with zero attached hydrogens (tertiary/aromatic N) is 3. The minimum atomic E-state index is -0.842. The largest absolute Gasteiger partial charge is 0.481 e. The van der Waals surface area contributed by atoms with Crippen LogP contribution in [0.5, 0.6) is 0 Å². The van der Waals surface area contributed by atoms with E-state index in [4.69, 9.17) is 5.11 Å². The summed E-state index contributed by atoms with van der Waals surface area (Å²) in [4.78, 5) is 15.4. The first-order chi connectivity index (χ1) is 9.83. The summed E-state index contributed by atoms with van der Waals surface area (Å²) in [6.45, 7) is 6.22. The second kappa shape index (κ2) is 6.03. The third-order valence-corrected chi connectivity index (χ3v) is 2.97. The van der Waals surface area contributed by atoms with Gasteiger partial charge in [0, 0.05) is 6.04 Å². The molecule has 1 heterocycles. The summed E-state index contributed by atoms with van der Waals surface area (Å²) in [6.07, 6.45) is 0.725. The molecule has 2 N–H and O–H groups in total. The average Bonchev–Trinajstić information content (AvgIpc) is 2.35. The summed E-state index contributed by atoms with van der Waals surface area (Å²) in [6, 6.07) is 7.21. The van der Waals surface area contributed by atoms with E-state index in [2.05, 4.69) is 41.3 Å². The Morgan fingerprint density at radius 3 is 2.52 bits per heavy atom. The minimum Gasteiger partial charge on any atom is -0.481 e. The number of anilines is 1. The maximum Gasteiger partial charge on any atom is 0.305 e. The molecule has 0 spiro atoms. The summed E-state index contributed by atoms with van der Waals surface area (Å²) in [5, 5.41) is 20.2. The van der Waals surface area contributed by atoms with Crippen LogP contribution in [0.1, 0.15) is 33.6 Å². The molecule has 0 amide bonds. The number of fused-ring (bicyclic) bond motifs is 1. The molecule has 0 fully saturated rings. The molecule has 0 saturated heterocycles. The molecule has 0 aliphatic carbocycles. The highest BCUT2D eigenvalue weighted by molar-refractivity contribution is 5.74. The molecule has 2 aromatic rings. The zero-order chi connectivity index (χ0) is 15.5. The maximum atomic E-state index is 11.0. The highest BCUT2D eigenvalue weighted by Gasteiger charge is 2.22. The van der Waals surface area contributed by atoms with Crippen molar-refractivity contribution in [1.29, 1.82) is 0 Å². The number of aliphatic carboxylic acids is 1. The molecule has 112 valence electrons. The number of carboxylic acids is 1. The molecule has 0 saturated carbocycles.